The van der Waals surface area contributed by atoms with Crippen molar-refractivity contribution < 1.29 is 4.79 Å². The van der Waals surface area contributed by atoms with Crippen LogP contribution in [0.4, 0.5) is 11.5 Å². The Kier molecular flexibility index (Phi) is 3.79. The minimum atomic E-state index is 0.300. The second-order valence-electron chi connectivity index (χ2n) is 7.93. The summed E-state index contributed by atoms with van der Waals surface area (Å²) in [6.07, 6.45) is 3.55. The standard InChI is InChI=1S/C21H24N6O/c1-26-21-19(20(23)25-26)16(12-2-4-14(22)5-3-12)11-17(24-21)13-8-9-27-15(10-13)6-7-18(27)28/h2-5,11,13,15H,6-10,22H2,1H3,(H2,23,25). The highest BCUT2D eigenvalue weighted by atomic mass is 16.2. The zero-order valence-electron chi connectivity index (χ0n) is 15.9. The van der Waals surface area contributed by atoms with Gasteiger partial charge in [0.1, 0.15) is 0 Å². The summed E-state index contributed by atoms with van der Waals surface area (Å²) in [5.41, 5.74) is 16.8. The van der Waals surface area contributed by atoms with Crippen molar-refractivity contribution in [2.75, 3.05) is 18.0 Å². The van der Waals surface area contributed by atoms with Gasteiger partial charge in [0.05, 0.1) is 5.39 Å². The zero-order valence-corrected chi connectivity index (χ0v) is 15.9. The first kappa shape index (κ1) is 17.0. The topological polar surface area (TPSA) is 103 Å². The average molecular weight is 376 g/mol. The number of nitrogen functional groups attached to an aromatic ring is 2. The van der Waals surface area contributed by atoms with Crippen molar-refractivity contribution in [2.45, 2.75) is 37.6 Å². The molecule has 2 aromatic heterocycles. The molecule has 3 aromatic rings. The van der Waals surface area contributed by atoms with E-state index in [1.54, 1.807) is 4.68 Å². The van der Waals surface area contributed by atoms with Gasteiger partial charge in [0.25, 0.3) is 0 Å². The van der Waals surface area contributed by atoms with Crippen LogP contribution in [0.25, 0.3) is 22.2 Å². The van der Waals surface area contributed by atoms with Gasteiger partial charge in [0, 0.05) is 43.4 Å². The number of piperidine rings is 1. The highest BCUT2D eigenvalue weighted by Crippen LogP contribution is 2.39. The van der Waals surface area contributed by atoms with Crippen LogP contribution in [0.3, 0.4) is 0 Å². The number of carbonyl (C=O) groups excluding carboxylic acids is 1. The maximum atomic E-state index is 12.0. The summed E-state index contributed by atoms with van der Waals surface area (Å²) in [5, 5.41) is 5.28. The molecule has 4 heterocycles. The van der Waals surface area contributed by atoms with Crippen molar-refractivity contribution in [2.24, 2.45) is 7.05 Å². The third-order valence-electron chi connectivity index (χ3n) is 6.21. The van der Waals surface area contributed by atoms with Crippen LogP contribution >= 0.6 is 0 Å². The van der Waals surface area contributed by atoms with Crippen molar-refractivity contribution in [3.05, 3.63) is 36.0 Å². The SMILES string of the molecule is Cn1nc(N)c2c(-c3ccc(N)cc3)cc(C3CCN4C(=O)CCC4C3)nc21. The molecule has 2 aliphatic heterocycles. The van der Waals surface area contributed by atoms with Crippen molar-refractivity contribution in [3.63, 3.8) is 0 Å². The number of aromatic nitrogens is 3. The molecule has 2 saturated heterocycles. The molecule has 5 rings (SSSR count). The van der Waals surface area contributed by atoms with Crippen molar-refractivity contribution in [3.8, 4) is 11.1 Å². The van der Waals surface area contributed by atoms with Gasteiger partial charge >= 0.3 is 0 Å². The zero-order chi connectivity index (χ0) is 19.4. The molecule has 2 unspecified atom stereocenters. The van der Waals surface area contributed by atoms with Gasteiger partial charge in [-0.05, 0) is 48.6 Å². The van der Waals surface area contributed by atoms with Gasteiger partial charge < -0.3 is 16.4 Å². The van der Waals surface area contributed by atoms with Gasteiger partial charge in [0.15, 0.2) is 11.5 Å². The number of benzene rings is 1. The predicted molar refractivity (Wildman–Crippen MR) is 109 cm³/mol. The lowest BCUT2D eigenvalue weighted by molar-refractivity contribution is -0.129. The van der Waals surface area contributed by atoms with E-state index in [4.69, 9.17) is 16.5 Å². The minimum absolute atomic E-state index is 0.300. The summed E-state index contributed by atoms with van der Waals surface area (Å²) in [6.45, 7) is 0.818. The van der Waals surface area contributed by atoms with Crippen LogP contribution in [-0.2, 0) is 11.8 Å². The molecular weight excluding hydrogens is 352 g/mol. The molecule has 0 aliphatic carbocycles. The van der Waals surface area contributed by atoms with E-state index in [9.17, 15) is 4.79 Å². The first-order valence-electron chi connectivity index (χ1n) is 9.80. The largest absolute Gasteiger partial charge is 0.399 e. The monoisotopic (exact) mass is 376 g/mol. The summed E-state index contributed by atoms with van der Waals surface area (Å²) in [6, 6.07) is 10.3. The second kappa shape index (κ2) is 6.22. The van der Waals surface area contributed by atoms with E-state index in [0.717, 1.165) is 59.3 Å². The molecule has 7 nitrogen and oxygen atoms in total. The molecule has 2 fully saturated rings. The lowest BCUT2D eigenvalue weighted by Gasteiger charge is -2.34. The van der Waals surface area contributed by atoms with Crippen LogP contribution in [0.5, 0.6) is 0 Å². The minimum Gasteiger partial charge on any atom is -0.399 e. The van der Waals surface area contributed by atoms with E-state index in [0.29, 0.717) is 30.1 Å². The first-order chi connectivity index (χ1) is 13.5. The fourth-order valence-corrected chi connectivity index (χ4v) is 4.75. The number of hydrogen-bond acceptors (Lipinski definition) is 5. The second-order valence-corrected chi connectivity index (χ2v) is 7.93. The van der Waals surface area contributed by atoms with Gasteiger partial charge in [-0.2, -0.15) is 5.10 Å². The Balaban J connectivity index is 1.61. The Morgan fingerprint density at radius 2 is 1.93 bits per heavy atom. The lowest BCUT2D eigenvalue weighted by Crippen LogP contribution is -2.39. The van der Waals surface area contributed by atoms with Crippen molar-refractivity contribution in [1.82, 2.24) is 19.7 Å². The fraction of sp³-hybridized carbons (Fsp3) is 0.381. The van der Waals surface area contributed by atoms with Gasteiger partial charge in [-0.1, -0.05) is 12.1 Å². The van der Waals surface area contributed by atoms with E-state index in [2.05, 4.69) is 16.1 Å². The Morgan fingerprint density at radius 1 is 1.14 bits per heavy atom. The number of nitrogens with two attached hydrogens (primary N) is 2. The van der Waals surface area contributed by atoms with Crippen LogP contribution in [0.2, 0.25) is 0 Å². The van der Waals surface area contributed by atoms with Crippen LogP contribution < -0.4 is 11.5 Å². The number of amides is 1. The summed E-state index contributed by atoms with van der Waals surface area (Å²) in [5.74, 6) is 1.12. The predicted octanol–water partition coefficient (Wildman–Crippen LogP) is 2.67. The summed E-state index contributed by atoms with van der Waals surface area (Å²) in [4.78, 5) is 19.0. The molecule has 4 N–H and O–H groups in total. The molecule has 0 radical (unpaired) electrons. The smallest absolute Gasteiger partial charge is 0.222 e. The third kappa shape index (κ3) is 2.61. The van der Waals surface area contributed by atoms with Crippen LogP contribution in [-0.4, -0.2) is 38.2 Å². The number of nitrogens with zero attached hydrogens (tertiary/aromatic N) is 4. The highest BCUT2D eigenvalue weighted by molar-refractivity contribution is 6.00. The number of pyridine rings is 1. The summed E-state index contributed by atoms with van der Waals surface area (Å²) >= 11 is 0. The molecule has 2 aliphatic rings. The average Bonchev–Trinajstić information content (AvgIpc) is 3.21. The molecule has 144 valence electrons. The molecule has 28 heavy (non-hydrogen) atoms. The van der Waals surface area contributed by atoms with Crippen molar-refractivity contribution >= 4 is 28.4 Å². The summed E-state index contributed by atoms with van der Waals surface area (Å²) in [7, 11) is 1.88. The third-order valence-corrected chi connectivity index (χ3v) is 6.21. The molecule has 0 spiro atoms. The lowest BCUT2D eigenvalue weighted by atomic mass is 9.87. The molecule has 0 saturated carbocycles. The Labute approximate surface area is 163 Å². The van der Waals surface area contributed by atoms with E-state index in [-0.39, 0.29) is 0 Å². The van der Waals surface area contributed by atoms with Gasteiger partial charge in [-0.3, -0.25) is 4.79 Å². The number of carbonyl (C=O) groups is 1. The molecule has 1 amide bonds. The number of hydrogen-bond donors (Lipinski definition) is 2. The van der Waals surface area contributed by atoms with Crippen LogP contribution in [0, 0.1) is 0 Å². The number of aryl methyl sites for hydroxylation is 1. The van der Waals surface area contributed by atoms with E-state index < -0.39 is 0 Å². The molecule has 7 heteroatoms. The van der Waals surface area contributed by atoms with E-state index in [1.165, 1.54) is 0 Å². The number of rotatable bonds is 2. The van der Waals surface area contributed by atoms with Gasteiger partial charge in [0.2, 0.25) is 5.91 Å². The molecular formula is C21H24N6O. The van der Waals surface area contributed by atoms with Gasteiger partial charge in [-0.15, -0.1) is 0 Å². The Hall–Kier alpha value is -3.09. The maximum absolute atomic E-state index is 12.0. The Bertz CT molecular complexity index is 1070. The van der Waals surface area contributed by atoms with Crippen LogP contribution in [0.1, 0.15) is 37.3 Å². The molecule has 2 atom stereocenters. The molecule has 0 bridgehead atoms. The first-order valence-corrected chi connectivity index (χ1v) is 9.80. The number of anilines is 2. The molecule has 1 aromatic carbocycles. The normalized spacial score (nSPS) is 22.0. The number of fused-ring (bicyclic) bond motifs is 2. The van der Waals surface area contributed by atoms with Crippen molar-refractivity contribution in [1.29, 1.82) is 0 Å². The fourth-order valence-electron chi connectivity index (χ4n) is 4.75. The van der Waals surface area contributed by atoms with E-state index in [1.807, 2.05) is 31.3 Å². The Morgan fingerprint density at radius 3 is 2.71 bits per heavy atom. The highest BCUT2D eigenvalue weighted by Gasteiger charge is 2.37. The van der Waals surface area contributed by atoms with Gasteiger partial charge in [-0.25, -0.2) is 9.67 Å². The van der Waals surface area contributed by atoms with E-state index >= 15 is 0 Å². The quantitative estimate of drug-likeness (QED) is 0.669. The maximum Gasteiger partial charge on any atom is 0.222 e. The summed E-state index contributed by atoms with van der Waals surface area (Å²) < 4.78 is 1.75. The van der Waals surface area contributed by atoms with Crippen LogP contribution in [0.15, 0.2) is 30.3 Å².